The Morgan fingerprint density at radius 2 is 2.00 bits per heavy atom. The second-order valence-electron chi connectivity index (χ2n) is 6.38. The topological polar surface area (TPSA) is 99.7 Å². The van der Waals surface area contributed by atoms with E-state index < -0.39 is 16.6 Å². The van der Waals surface area contributed by atoms with Crippen LogP contribution in [-0.4, -0.2) is 43.7 Å². The molecule has 8 nitrogen and oxygen atoms in total. The molecule has 1 aliphatic heterocycles. The van der Waals surface area contributed by atoms with Crippen LogP contribution in [0.2, 0.25) is 0 Å². The number of nitro groups is 1. The molecule has 0 aromatic heterocycles. The van der Waals surface area contributed by atoms with Crippen LogP contribution in [0, 0.1) is 27.3 Å². The first-order chi connectivity index (χ1) is 14.0. The van der Waals surface area contributed by atoms with E-state index in [-0.39, 0.29) is 29.9 Å². The summed E-state index contributed by atoms with van der Waals surface area (Å²) in [6.07, 6.45) is -0.00592. The Bertz CT molecular complexity index is 954. The van der Waals surface area contributed by atoms with E-state index in [1.165, 1.54) is 36.4 Å². The summed E-state index contributed by atoms with van der Waals surface area (Å²) >= 11 is 0. The summed E-state index contributed by atoms with van der Waals surface area (Å²) in [7, 11) is 0. The van der Waals surface area contributed by atoms with Crippen molar-refractivity contribution >= 4 is 23.0 Å². The molecule has 1 heterocycles. The van der Waals surface area contributed by atoms with Crippen molar-refractivity contribution in [2.45, 2.75) is 6.42 Å². The molecule has 0 bridgehead atoms. The smallest absolute Gasteiger partial charge is 0.293 e. The van der Waals surface area contributed by atoms with Gasteiger partial charge in [-0.15, -0.1) is 0 Å². The number of hydrogen-bond acceptors (Lipinski definition) is 6. The second-order valence-corrected chi connectivity index (χ2v) is 6.38. The quantitative estimate of drug-likeness (QED) is 0.547. The van der Waals surface area contributed by atoms with Crippen molar-refractivity contribution in [1.29, 1.82) is 5.26 Å². The van der Waals surface area contributed by atoms with Gasteiger partial charge < -0.3 is 14.5 Å². The van der Waals surface area contributed by atoms with Crippen molar-refractivity contribution in [2.24, 2.45) is 0 Å². The molecule has 0 saturated carbocycles. The highest BCUT2D eigenvalue weighted by Crippen LogP contribution is 2.31. The van der Waals surface area contributed by atoms with E-state index in [2.05, 4.69) is 0 Å². The van der Waals surface area contributed by atoms with Crippen molar-refractivity contribution in [3.05, 3.63) is 64.0 Å². The summed E-state index contributed by atoms with van der Waals surface area (Å²) in [6.45, 7) is 1.92. The number of amides is 1. The van der Waals surface area contributed by atoms with Gasteiger partial charge in [-0.3, -0.25) is 14.9 Å². The molecule has 3 rings (SSSR count). The number of nitrogens with zero attached hydrogens (tertiary/aromatic N) is 4. The van der Waals surface area contributed by atoms with Gasteiger partial charge in [0, 0.05) is 31.3 Å². The van der Waals surface area contributed by atoms with Gasteiger partial charge in [0.1, 0.15) is 11.5 Å². The van der Waals surface area contributed by atoms with Gasteiger partial charge >= 0.3 is 0 Å². The minimum atomic E-state index is -0.613. The molecule has 1 amide bonds. The molecule has 1 aliphatic rings. The first-order valence-electron chi connectivity index (χ1n) is 9.07. The highest BCUT2D eigenvalue weighted by Gasteiger charge is 2.26. The number of benzene rings is 2. The predicted molar refractivity (Wildman–Crippen MR) is 104 cm³/mol. The Morgan fingerprint density at radius 3 is 2.66 bits per heavy atom. The van der Waals surface area contributed by atoms with Crippen LogP contribution in [0.25, 0.3) is 0 Å². The Labute approximate surface area is 166 Å². The molecule has 150 valence electrons. The zero-order chi connectivity index (χ0) is 20.8. The number of halogens is 1. The van der Waals surface area contributed by atoms with E-state index in [4.69, 9.17) is 10.00 Å². The van der Waals surface area contributed by atoms with E-state index in [9.17, 15) is 19.3 Å². The van der Waals surface area contributed by atoms with E-state index in [1.807, 2.05) is 11.0 Å². The lowest BCUT2D eigenvalue weighted by Gasteiger charge is -2.28. The molecule has 0 spiro atoms. The number of hydrogen-bond donors (Lipinski definition) is 0. The normalized spacial score (nSPS) is 13.6. The van der Waals surface area contributed by atoms with E-state index >= 15 is 0 Å². The average Bonchev–Trinajstić information content (AvgIpc) is 2.75. The fraction of sp³-hybridized carbons (Fsp3) is 0.300. The molecule has 0 aliphatic carbocycles. The molecule has 0 radical (unpaired) electrons. The lowest BCUT2D eigenvalue weighted by Crippen LogP contribution is -2.36. The van der Waals surface area contributed by atoms with Crippen LogP contribution in [0.1, 0.15) is 16.8 Å². The Balaban J connectivity index is 1.97. The molecular weight excluding hydrogens is 379 g/mol. The number of morpholine rings is 1. The van der Waals surface area contributed by atoms with Crippen LogP contribution in [0.5, 0.6) is 0 Å². The zero-order valence-electron chi connectivity index (χ0n) is 15.6. The number of anilines is 2. The standard InChI is InChI=1S/C20H19FN4O4/c21-16-4-1-2-5-17(16)24(9-3-8-22)20(26)15-6-7-18(19(14-15)25(27)28)23-10-12-29-13-11-23/h1-2,4-7,14H,3,9-13H2. The van der Waals surface area contributed by atoms with Gasteiger partial charge in [0.05, 0.1) is 36.3 Å². The molecule has 2 aromatic rings. The monoisotopic (exact) mass is 398 g/mol. The number of ether oxygens (including phenoxy) is 1. The third-order valence-electron chi connectivity index (χ3n) is 4.61. The van der Waals surface area contributed by atoms with Crippen molar-refractivity contribution in [3.8, 4) is 6.07 Å². The summed E-state index contributed by atoms with van der Waals surface area (Å²) < 4.78 is 19.5. The molecule has 9 heteroatoms. The minimum Gasteiger partial charge on any atom is -0.378 e. The maximum Gasteiger partial charge on any atom is 0.293 e. The molecule has 0 unspecified atom stereocenters. The molecule has 2 aromatic carbocycles. The molecule has 0 N–H and O–H groups in total. The van der Waals surface area contributed by atoms with Gasteiger partial charge in [0.25, 0.3) is 11.6 Å². The van der Waals surface area contributed by atoms with Gasteiger partial charge in [-0.25, -0.2) is 4.39 Å². The van der Waals surface area contributed by atoms with Crippen LogP contribution in [-0.2, 0) is 4.74 Å². The maximum atomic E-state index is 14.3. The second kappa shape index (κ2) is 9.12. The first kappa shape index (κ1) is 20.2. The molecular formula is C20H19FN4O4. The summed E-state index contributed by atoms with van der Waals surface area (Å²) in [5, 5.41) is 20.5. The third kappa shape index (κ3) is 4.50. The summed E-state index contributed by atoms with van der Waals surface area (Å²) in [5.74, 6) is -1.22. The van der Waals surface area contributed by atoms with Gasteiger partial charge in [0.15, 0.2) is 0 Å². The number of carbonyl (C=O) groups excluding carboxylic acids is 1. The number of para-hydroxylation sites is 1. The Kier molecular flexibility index (Phi) is 6.36. The van der Waals surface area contributed by atoms with Crippen LogP contribution < -0.4 is 9.80 Å². The molecule has 1 saturated heterocycles. The highest BCUT2D eigenvalue weighted by atomic mass is 19.1. The Hall–Kier alpha value is -3.51. The lowest BCUT2D eigenvalue weighted by molar-refractivity contribution is -0.384. The van der Waals surface area contributed by atoms with E-state index in [1.54, 1.807) is 6.07 Å². The van der Waals surface area contributed by atoms with Crippen LogP contribution in [0.15, 0.2) is 42.5 Å². The van der Waals surface area contributed by atoms with Crippen molar-refractivity contribution in [3.63, 3.8) is 0 Å². The third-order valence-corrected chi connectivity index (χ3v) is 4.61. The maximum absolute atomic E-state index is 14.3. The largest absolute Gasteiger partial charge is 0.378 e. The molecule has 29 heavy (non-hydrogen) atoms. The van der Waals surface area contributed by atoms with Crippen LogP contribution in [0.3, 0.4) is 0 Å². The number of carbonyl (C=O) groups is 1. The zero-order valence-corrected chi connectivity index (χ0v) is 15.6. The summed E-state index contributed by atoms with van der Waals surface area (Å²) in [4.78, 5) is 27.1. The van der Waals surface area contributed by atoms with E-state index in [0.717, 1.165) is 4.90 Å². The van der Waals surface area contributed by atoms with E-state index in [0.29, 0.717) is 32.0 Å². The van der Waals surface area contributed by atoms with Crippen LogP contribution >= 0.6 is 0 Å². The van der Waals surface area contributed by atoms with Gasteiger partial charge in [0.2, 0.25) is 0 Å². The SMILES string of the molecule is N#CCCN(C(=O)c1ccc(N2CCOCC2)c([N+](=O)[O-])c1)c1ccccc1F. The highest BCUT2D eigenvalue weighted by molar-refractivity contribution is 6.07. The van der Waals surface area contributed by atoms with Crippen molar-refractivity contribution in [2.75, 3.05) is 42.6 Å². The van der Waals surface area contributed by atoms with Crippen molar-refractivity contribution < 1.29 is 18.8 Å². The van der Waals surface area contributed by atoms with Gasteiger partial charge in [-0.2, -0.15) is 5.26 Å². The fourth-order valence-electron chi connectivity index (χ4n) is 3.19. The number of nitriles is 1. The average molecular weight is 398 g/mol. The minimum absolute atomic E-state index is 0.00592. The van der Waals surface area contributed by atoms with Gasteiger partial charge in [-0.1, -0.05) is 12.1 Å². The Morgan fingerprint density at radius 1 is 1.28 bits per heavy atom. The van der Waals surface area contributed by atoms with Crippen LogP contribution in [0.4, 0.5) is 21.5 Å². The number of rotatable bonds is 6. The molecule has 0 atom stereocenters. The number of nitro benzene ring substituents is 1. The first-order valence-corrected chi connectivity index (χ1v) is 9.07. The summed E-state index contributed by atoms with van der Waals surface area (Å²) in [6, 6.07) is 11.9. The van der Waals surface area contributed by atoms with Crippen molar-refractivity contribution in [1.82, 2.24) is 0 Å². The fourth-order valence-corrected chi connectivity index (χ4v) is 3.19. The summed E-state index contributed by atoms with van der Waals surface area (Å²) in [5.41, 5.74) is 0.276. The van der Waals surface area contributed by atoms with Gasteiger partial charge in [-0.05, 0) is 24.3 Å². The lowest BCUT2D eigenvalue weighted by atomic mass is 10.1. The predicted octanol–water partition coefficient (Wildman–Crippen LogP) is 3.13. The molecule has 1 fully saturated rings.